The number of fused-ring (bicyclic) bond motifs is 3. The number of benzene rings is 3. The van der Waals surface area contributed by atoms with Gasteiger partial charge >= 0.3 is 5.97 Å². The van der Waals surface area contributed by atoms with Gasteiger partial charge in [0.05, 0.1) is 37.4 Å². The monoisotopic (exact) mass is 525 g/mol. The first-order valence-corrected chi connectivity index (χ1v) is 12.5. The summed E-state index contributed by atoms with van der Waals surface area (Å²) in [6, 6.07) is 17.4. The molecule has 0 radical (unpaired) electrons. The molecule has 11 heteroatoms. The smallest absolute Gasteiger partial charge is 0.337 e. The number of nitrogens with one attached hydrogen (secondary N) is 1. The Labute approximate surface area is 214 Å². The molecule has 5 rings (SSSR count). The number of thioether (sulfide) groups is 1. The van der Waals surface area contributed by atoms with Gasteiger partial charge in [-0.25, -0.2) is 4.79 Å². The number of aromatic carboxylic acids is 1. The van der Waals surface area contributed by atoms with Crippen molar-refractivity contribution >= 4 is 46.4 Å². The SMILES string of the molecule is O=C(O)c1cccc2c1N[C@@H](c1cccc([N+](=O)[O-])c1)[C@H]1C[C@@H](Sc3ccccc3[N+](=O)[O-])[C@@H](Cl)[C@@H]21. The number of nitro benzene ring substituents is 2. The Bertz CT molecular complexity index is 1390. The number of alkyl halides is 1. The zero-order chi connectivity index (χ0) is 25.6. The van der Waals surface area contributed by atoms with Gasteiger partial charge in [0.15, 0.2) is 0 Å². The van der Waals surface area contributed by atoms with Crippen LogP contribution in [-0.2, 0) is 0 Å². The maximum atomic E-state index is 12.0. The third kappa shape index (κ3) is 4.16. The van der Waals surface area contributed by atoms with E-state index in [0.717, 1.165) is 5.56 Å². The van der Waals surface area contributed by atoms with Gasteiger partial charge in [-0.2, -0.15) is 0 Å². The van der Waals surface area contributed by atoms with E-state index >= 15 is 0 Å². The van der Waals surface area contributed by atoms with Gasteiger partial charge < -0.3 is 10.4 Å². The van der Waals surface area contributed by atoms with Crippen LogP contribution in [0, 0.1) is 26.1 Å². The normalized spacial score (nSPS) is 24.3. The van der Waals surface area contributed by atoms with Crippen molar-refractivity contribution in [1.82, 2.24) is 0 Å². The second kappa shape index (κ2) is 9.44. The van der Waals surface area contributed by atoms with Crippen molar-refractivity contribution in [2.75, 3.05) is 5.32 Å². The lowest BCUT2D eigenvalue weighted by Crippen LogP contribution is -2.32. The van der Waals surface area contributed by atoms with Gasteiger partial charge in [0, 0.05) is 29.4 Å². The van der Waals surface area contributed by atoms with Gasteiger partial charge in [-0.05, 0) is 35.6 Å². The molecule has 184 valence electrons. The Morgan fingerprint density at radius 3 is 2.50 bits per heavy atom. The summed E-state index contributed by atoms with van der Waals surface area (Å²) in [6.45, 7) is 0. The average molecular weight is 526 g/mol. The predicted molar refractivity (Wildman–Crippen MR) is 136 cm³/mol. The van der Waals surface area contributed by atoms with Gasteiger partial charge in [-0.3, -0.25) is 20.2 Å². The number of carboxylic acid groups (broad SMARTS) is 1. The second-order valence-corrected chi connectivity index (χ2v) is 10.6. The summed E-state index contributed by atoms with van der Waals surface area (Å²) in [5, 5.41) is 35.5. The summed E-state index contributed by atoms with van der Waals surface area (Å²) >= 11 is 8.40. The van der Waals surface area contributed by atoms with Crippen molar-refractivity contribution in [3.05, 3.63) is 104 Å². The van der Waals surface area contributed by atoms with Crippen molar-refractivity contribution in [3.8, 4) is 0 Å². The van der Waals surface area contributed by atoms with Crippen molar-refractivity contribution in [2.24, 2.45) is 5.92 Å². The van der Waals surface area contributed by atoms with Gasteiger partial charge in [-0.1, -0.05) is 36.4 Å². The fourth-order valence-corrected chi connectivity index (χ4v) is 7.30. The minimum Gasteiger partial charge on any atom is -0.478 e. The highest BCUT2D eigenvalue weighted by Crippen LogP contribution is 2.58. The number of hydrogen-bond acceptors (Lipinski definition) is 7. The quantitative estimate of drug-likeness (QED) is 0.219. The molecule has 1 fully saturated rings. The molecule has 1 heterocycles. The van der Waals surface area contributed by atoms with E-state index < -0.39 is 27.2 Å². The lowest BCUT2D eigenvalue weighted by atomic mass is 9.76. The molecule has 9 nitrogen and oxygen atoms in total. The topological polar surface area (TPSA) is 136 Å². The standard InChI is InChI=1S/C25H20ClN3O6S/c26-22-20(36-19-10-2-1-9-18(19)29(34)35)12-17-21(22)15-7-4-8-16(25(30)31)24(15)27-23(17)13-5-3-6-14(11-13)28(32)33/h1-11,17,20-23,27H,12H2,(H,30,31)/t17-,20+,21-,22+,23-/m0/s1. The maximum Gasteiger partial charge on any atom is 0.337 e. The zero-order valence-corrected chi connectivity index (χ0v) is 20.2. The Morgan fingerprint density at radius 2 is 1.78 bits per heavy atom. The van der Waals surface area contributed by atoms with Gasteiger partial charge in [-0.15, -0.1) is 23.4 Å². The maximum absolute atomic E-state index is 12.0. The van der Waals surface area contributed by atoms with Crippen LogP contribution in [0.3, 0.4) is 0 Å². The Balaban J connectivity index is 1.59. The van der Waals surface area contributed by atoms with Gasteiger partial charge in [0.25, 0.3) is 11.4 Å². The number of para-hydroxylation sites is 2. The van der Waals surface area contributed by atoms with Crippen molar-refractivity contribution in [2.45, 2.75) is 33.9 Å². The first-order valence-electron chi connectivity index (χ1n) is 11.2. The fourth-order valence-electron chi connectivity index (χ4n) is 5.35. The highest BCUT2D eigenvalue weighted by Gasteiger charge is 2.51. The molecule has 2 N–H and O–H groups in total. The summed E-state index contributed by atoms with van der Waals surface area (Å²) in [5.74, 6) is -1.47. The highest BCUT2D eigenvalue weighted by molar-refractivity contribution is 8.00. The average Bonchev–Trinajstić information content (AvgIpc) is 3.19. The molecule has 1 aliphatic carbocycles. The first-order chi connectivity index (χ1) is 17.3. The molecule has 3 aromatic rings. The largest absolute Gasteiger partial charge is 0.478 e. The van der Waals surface area contributed by atoms with E-state index in [0.29, 0.717) is 22.6 Å². The van der Waals surface area contributed by atoms with Crippen LogP contribution in [0.15, 0.2) is 71.6 Å². The molecule has 2 aliphatic rings. The van der Waals surface area contributed by atoms with E-state index in [1.54, 1.807) is 36.4 Å². The van der Waals surface area contributed by atoms with Crippen LogP contribution in [0.1, 0.15) is 39.9 Å². The summed E-state index contributed by atoms with van der Waals surface area (Å²) in [7, 11) is 0. The van der Waals surface area contributed by atoms with Gasteiger partial charge in [0.1, 0.15) is 0 Å². The second-order valence-electron chi connectivity index (χ2n) is 8.80. The molecule has 0 amide bonds. The van der Waals surface area contributed by atoms with Crippen LogP contribution >= 0.6 is 23.4 Å². The lowest BCUT2D eigenvalue weighted by molar-refractivity contribution is -0.387. The molecular weight excluding hydrogens is 506 g/mol. The third-order valence-corrected chi connectivity index (χ3v) is 8.97. The van der Waals surface area contributed by atoms with E-state index in [9.17, 15) is 30.1 Å². The highest BCUT2D eigenvalue weighted by atomic mass is 35.5. The Hall–Kier alpha value is -3.63. The van der Waals surface area contributed by atoms with Crippen LogP contribution in [0.5, 0.6) is 0 Å². The van der Waals surface area contributed by atoms with Gasteiger partial charge in [0.2, 0.25) is 0 Å². The van der Waals surface area contributed by atoms with E-state index in [2.05, 4.69) is 5.32 Å². The van der Waals surface area contributed by atoms with Crippen LogP contribution in [-0.4, -0.2) is 31.5 Å². The number of nitro groups is 2. The molecule has 1 aliphatic heterocycles. The number of rotatable bonds is 6. The van der Waals surface area contributed by atoms with Crippen molar-refractivity contribution in [3.63, 3.8) is 0 Å². The number of anilines is 1. The van der Waals surface area contributed by atoms with Crippen molar-refractivity contribution in [1.29, 1.82) is 0 Å². The minimum absolute atomic E-state index is 0.00293. The zero-order valence-electron chi connectivity index (χ0n) is 18.6. The summed E-state index contributed by atoms with van der Waals surface area (Å²) in [6.07, 6.45) is 0.576. The number of non-ortho nitro benzene ring substituents is 1. The molecule has 5 atom stereocenters. The molecule has 1 saturated carbocycles. The van der Waals surface area contributed by atoms with Crippen LogP contribution in [0.25, 0.3) is 0 Å². The van der Waals surface area contributed by atoms with Crippen LogP contribution in [0.4, 0.5) is 17.1 Å². The van der Waals surface area contributed by atoms with Crippen molar-refractivity contribution < 1.29 is 19.7 Å². The number of carbonyl (C=O) groups is 1. The fraction of sp³-hybridized carbons (Fsp3) is 0.240. The summed E-state index contributed by atoms with van der Waals surface area (Å²) < 4.78 is 0. The molecule has 36 heavy (non-hydrogen) atoms. The van der Waals surface area contributed by atoms with E-state index in [1.807, 2.05) is 6.07 Å². The predicted octanol–water partition coefficient (Wildman–Crippen LogP) is 6.24. The molecule has 0 spiro atoms. The van der Waals surface area contributed by atoms with Crippen LogP contribution in [0.2, 0.25) is 0 Å². The number of halogens is 1. The number of nitrogens with zero attached hydrogens (tertiary/aromatic N) is 2. The Kier molecular flexibility index (Phi) is 6.31. The summed E-state index contributed by atoms with van der Waals surface area (Å²) in [5.41, 5.74) is 1.92. The summed E-state index contributed by atoms with van der Waals surface area (Å²) in [4.78, 5) is 34.6. The first kappa shape index (κ1) is 24.1. The Morgan fingerprint density at radius 1 is 1.03 bits per heavy atom. The molecule has 0 saturated heterocycles. The molecule has 3 aromatic carbocycles. The lowest BCUT2D eigenvalue weighted by Gasteiger charge is -2.38. The molecular formula is C25H20ClN3O6S. The van der Waals surface area contributed by atoms with E-state index in [1.165, 1.54) is 36.0 Å². The molecule has 0 bridgehead atoms. The van der Waals surface area contributed by atoms with Crippen LogP contribution < -0.4 is 5.32 Å². The molecule has 0 unspecified atom stereocenters. The van der Waals surface area contributed by atoms with E-state index in [-0.39, 0.29) is 34.0 Å². The number of carboxylic acids is 1. The number of hydrogen-bond donors (Lipinski definition) is 2. The molecule has 0 aromatic heterocycles. The third-order valence-electron chi connectivity index (χ3n) is 6.86. The van der Waals surface area contributed by atoms with E-state index in [4.69, 9.17) is 11.6 Å². The minimum atomic E-state index is -1.09.